The lowest BCUT2D eigenvalue weighted by molar-refractivity contribution is -0.115. The van der Waals surface area contributed by atoms with Gasteiger partial charge in [-0.2, -0.15) is 0 Å². The molecule has 7 heteroatoms. The molecule has 7 nitrogen and oxygen atoms in total. The van der Waals surface area contributed by atoms with E-state index in [1.807, 2.05) is 44.2 Å². The van der Waals surface area contributed by atoms with Crippen LogP contribution in [0.25, 0.3) is 0 Å². The first-order valence-corrected chi connectivity index (χ1v) is 10.8. The minimum Gasteiger partial charge on any atom is -0.495 e. The topological polar surface area (TPSA) is 73.9 Å². The Balaban J connectivity index is 1.81. The number of hydrogen-bond acceptors (Lipinski definition) is 5. The van der Waals surface area contributed by atoms with Crippen molar-refractivity contribution < 1.29 is 14.3 Å². The highest BCUT2D eigenvalue weighted by atomic mass is 16.5. The lowest BCUT2D eigenvalue weighted by atomic mass is 10.1. The van der Waals surface area contributed by atoms with Crippen LogP contribution in [0.3, 0.4) is 0 Å². The Kier molecular flexibility index (Phi) is 7.39. The molecule has 3 rings (SSSR count). The van der Waals surface area contributed by atoms with Crippen LogP contribution in [0.15, 0.2) is 42.5 Å². The Bertz CT molecular complexity index is 921. The van der Waals surface area contributed by atoms with Crippen LogP contribution >= 0.6 is 0 Å². The molecule has 166 valence electrons. The first-order valence-electron chi connectivity index (χ1n) is 10.8. The van der Waals surface area contributed by atoms with Crippen LogP contribution in [0.2, 0.25) is 0 Å². The number of nitrogens with one attached hydrogen (secondary N) is 2. The van der Waals surface area contributed by atoms with E-state index in [0.717, 1.165) is 43.3 Å². The second kappa shape index (κ2) is 10.2. The number of carbonyl (C=O) groups is 2. The van der Waals surface area contributed by atoms with Crippen molar-refractivity contribution in [2.75, 3.05) is 48.4 Å². The number of piperazine rings is 1. The molecule has 31 heavy (non-hydrogen) atoms. The average molecular weight is 425 g/mol. The molecule has 0 aliphatic carbocycles. The Morgan fingerprint density at radius 3 is 2.26 bits per heavy atom. The molecule has 2 aromatic rings. The molecule has 0 spiro atoms. The van der Waals surface area contributed by atoms with Gasteiger partial charge in [-0.25, -0.2) is 0 Å². The first-order chi connectivity index (χ1) is 14.9. The number of ether oxygens (including phenoxy) is 1. The van der Waals surface area contributed by atoms with Gasteiger partial charge in [-0.1, -0.05) is 19.1 Å². The molecule has 0 unspecified atom stereocenters. The van der Waals surface area contributed by atoms with Crippen molar-refractivity contribution in [1.29, 1.82) is 0 Å². The monoisotopic (exact) mass is 424 g/mol. The van der Waals surface area contributed by atoms with Gasteiger partial charge in [-0.15, -0.1) is 0 Å². The maximum absolute atomic E-state index is 12.9. The predicted molar refractivity (Wildman–Crippen MR) is 125 cm³/mol. The Labute approximate surface area is 184 Å². The van der Waals surface area contributed by atoms with Crippen molar-refractivity contribution in [3.63, 3.8) is 0 Å². The van der Waals surface area contributed by atoms with E-state index in [2.05, 4.69) is 26.5 Å². The molecule has 1 aliphatic rings. The van der Waals surface area contributed by atoms with Gasteiger partial charge in [0.15, 0.2) is 0 Å². The molecule has 0 atom stereocenters. The van der Waals surface area contributed by atoms with Crippen LogP contribution in [0, 0.1) is 0 Å². The predicted octanol–water partition coefficient (Wildman–Crippen LogP) is 3.51. The van der Waals surface area contributed by atoms with Gasteiger partial charge in [0.1, 0.15) is 5.75 Å². The molecular formula is C24H32N4O3. The average Bonchev–Trinajstić information content (AvgIpc) is 2.78. The van der Waals surface area contributed by atoms with Crippen LogP contribution in [0.5, 0.6) is 5.75 Å². The molecule has 2 amide bonds. The largest absolute Gasteiger partial charge is 0.495 e. The highest BCUT2D eigenvalue weighted by Gasteiger charge is 2.24. The molecule has 0 aromatic heterocycles. The highest BCUT2D eigenvalue weighted by Crippen LogP contribution is 2.31. The van der Waals surface area contributed by atoms with E-state index in [1.165, 1.54) is 0 Å². The van der Waals surface area contributed by atoms with E-state index in [-0.39, 0.29) is 17.9 Å². The molecule has 1 heterocycles. The van der Waals surface area contributed by atoms with E-state index in [0.29, 0.717) is 17.7 Å². The molecule has 0 saturated carbocycles. The summed E-state index contributed by atoms with van der Waals surface area (Å²) in [7, 11) is 1.69. The number of anilines is 3. The van der Waals surface area contributed by atoms with E-state index in [4.69, 9.17) is 4.74 Å². The normalized spacial score (nSPS) is 13.8. The third-order valence-corrected chi connectivity index (χ3v) is 5.31. The summed E-state index contributed by atoms with van der Waals surface area (Å²) in [6.07, 6.45) is 0.389. The number of amides is 2. The summed E-state index contributed by atoms with van der Waals surface area (Å²) < 4.78 is 5.51. The fourth-order valence-electron chi connectivity index (χ4n) is 3.74. The lowest BCUT2D eigenvalue weighted by Crippen LogP contribution is -2.47. The van der Waals surface area contributed by atoms with Gasteiger partial charge in [-0.05, 0) is 44.2 Å². The van der Waals surface area contributed by atoms with Crippen LogP contribution in [0.4, 0.5) is 17.1 Å². The van der Waals surface area contributed by atoms with Crippen LogP contribution in [-0.4, -0.2) is 51.1 Å². The summed E-state index contributed by atoms with van der Waals surface area (Å²) in [6, 6.07) is 13.6. The molecule has 0 bridgehead atoms. The van der Waals surface area contributed by atoms with Crippen LogP contribution in [0.1, 0.15) is 37.6 Å². The third kappa shape index (κ3) is 5.48. The lowest BCUT2D eigenvalue weighted by Gasteiger charge is -2.38. The van der Waals surface area contributed by atoms with Gasteiger partial charge in [0.05, 0.1) is 18.4 Å². The summed E-state index contributed by atoms with van der Waals surface area (Å²) in [6.45, 7) is 8.87. The number of methoxy groups -OCH3 is 1. The summed E-state index contributed by atoms with van der Waals surface area (Å²) in [5.41, 5.74) is 3.18. The zero-order valence-electron chi connectivity index (χ0n) is 18.8. The molecule has 0 radical (unpaired) electrons. The first kappa shape index (κ1) is 22.5. The zero-order valence-corrected chi connectivity index (χ0v) is 18.8. The van der Waals surface area contributed by atoms with Crippen LogP contribution < -0.4 is 25.2 Å². The molecular weight excluding hydrogens is 392 g/mol. The molecule has 1 saturated heterocycles. The summed E-state index contributed by atoms with van der Waals surface area (Å²) in [5.74, 6) is 0.655. The SMILES string of the molecule is CCC(=O)Nc1ccc(N2CCN(c3ccccc3OC)CC2)c(C(=O)NC(C)C)c1. The Hall–Kier alpha value is -3.22. The van der Waals surface area contributed by atoms with Crippen molar-refractivity contribution in [3.05, 3.63) is 48.0 Å². The molecule has 1 aliphatic heterocycles. The van der Waals surface area contributed by atoms with E-state index in [1.54, 1.807) is 20.1 Å². The summed E-state index contributed by atoms with van der Waals surface area (Å²) in [4.78, 5) is 29.3. The molecule has 2 N–H and O–H groups in total. The zero-order chi connectivity index (χ0) is 22.4. The second-order valence-electron chi connectivity index (χ2n) is 7.91. The summed E-state index contributed by atoms with van der Waals surface area (Å²) in [5, 5.41) is 5.83. The fourth-order valence-corrected chi connectivity index (χ4v) is 3.74. The molecule has 1 fully saturated rings. The third-order valence-electron chi connectivity index (χ3n) is 5.31. The fraction of sp³-hybridized carbons (Fsp3) is 0.417. The second-order valence-corrected chi connectivity index (χ2v) is 7.91. The van der Waals surface area contributed by atoms with Crippen molar-refractivity contribution in [2.24, 2.45) is 0 Å². The van der Waals surface area contributed by atoms with E-state index in [9.17, 15) is 9.59 Å². The maximum atomic E-state index is 12.9. The van der Waals surface area contributed by atoms with Gasteiger partial charge in [0.2, 0.25) is 5.91 Å². The standard InChI is InChI=1S/C24H32N4O3/c1-5-23(29)26-18-10-11-20(19(16-18)24(30)25-17(2)3)27-12-14-28(15-13-27)21-8-6-7-9-22(21)31-4/h6-11,16-17H,5,12-15H2,1-4H3,(H,25,30)(H,26,29). The summed E-state index contributed by atoms with van der Waals surface area (Å²) >= 11 is 0. The molecule has 2 aromatic carbocycles. The Morgan fingerprint density at radius 1 is 1.00 bits per heavy atom. The smallest absolute Gasteiger partial charge is 0.253 e. The number of hydrogen-bond donors (Lipinski definition) is 2. The Morgan fingerprint density at radius 2 is 1.65 bits per heavy atom. The van der Waals surface area contributed by atoms with Crippen molar-refractivity contribution >= 4 is 28.9 Å². The van der Waals surface area contributed by atoms with E-state index >= 15 is 0 Å². The van der Waals surface area contributed by atoms with Gasteiger partial charge in [0, 0.05) is 50.0 Å². The van der Waals surface area contributed by atoms with Crippen molar-refractivity contribution in [2.45, 2.75) is 33.2 Å². The van der Waals surface area contributed by atoms with Crippen molar-refractivity contribution in [3.8, 4) is 5.75 Å². The number of nitrogens with zero attached hydrogens (tertiary/aromatic N) is 2. The number of carbonyl (C=O) groups excluding carboxylic acids is 2. The minimum atomic E-state index is -0.134. The number of para-hydroxylation sites is 2. The van der Waals surface area contributed by atoms with Crippen molar-refractivity contribution in [1.82, 2.24) is 5.32 Å². The maximum Gasteiger partial charge on any atom is 0.253 e. The van der Waals surface area contributed by atoms with Gasteiger partial charge < -0.3 is 25.2 Å². The van der Waals surface area contributed by atoms with Gasteiger partial charge in [0.25, 0.3) is 5.91 Å². The van der Waals surface area contributed by atoms with Crippen LogP contribution in [-0.2, 0) is 4.79 Å². The number of benzene rings is 2. The van der Waals surface area contributed by atoms with E-state index < -0.39 is 0 Å². The van der Waals surface area contributed by atoms with Gasteiger partial charge in [-0.3, -0.25) is 9.59 Å². The minimum absolute atomic E-state index is 0.0247. The van der Waals surface area contributed by atoms with Gasteiger partial charge >= 0.3 is 0 Å². The highest BCUT2D eigenvalue weighted by molar-refractivity contribution is 6.02. The quantitative estimate of drug-likeness (QED) is 0.712. The number of rotatable bonds is 7.